The third kappa shape index (κ3) is 5.06. The largest absolute Gasteiger partial charge is 0.534 e. The first kappa shape index (κ1) is 28.7. The summed E-state index contributed by atoms with van der Waals surface area (Å²) in [5.74, 6) is 2.56. The minimum atomic E-state index is -5.71. The fourth-order valence-corrected chi connectivity index (χ4v) is 8.17. The minimum absolute atomic E-state index is 0.0483. The molecule has 0 heterocycles. The van der Waals surface area contributed by atoms with Crippen molar-refractivity contribution in [2.45, 2.75) is 91.2 Å². The average Bonchev–Trinajstić information content (AvgIpc) is 3.28. The lowest BCUT2D eigenvalue weighted by Crippen LogP contribution is -2.37. The molecule has 37 heavy (non-hydrogen) atoms. The van der Waals surface area contributed by atoms with E-state index >= 15 is 0 Å². The van der Waals surface area contributed by atoms with Crippen LogP contribution in [0.5, 0.6) is 0 Å². The van der Waals surface area contributed by atoms with E-state index in [2.05, 4.69) is 52.8 Å². The van der Waals surface area contributed by atoms with Gasteiger partial charge in [-0.15, -0.1) is 0 Å². The second-order valence-electron chi connectivity index (χ2n) is 12.6. The van der Waals surface area contributed by atoms with E-state index in [4.69, 9.17) is 8.92 Å². The Bertz CT molecular complexity index is 1060. The van der Waals surface area contributed by atoms with Crippen molar-refractivity contribution in [3.8, 4) is 0 Å². The van der Waals surface area contributed by atoms with Gasteiger partial charge in [-0.1, -0.05) is 58.4 Å². The van der Waals surface area contributed by atoms with Gasteiger partial charge in [0.25, 0.3) is 0 Å². The zero-order valence-corrected chi connectivity index (χ0v) is 23.8. The van der Waals surface area contributed by atoms with Crippen molar-refractivity contribution in [3.05, 3.63) is 35.6 Å². The molecule has 8 atom stereocenters. The van der Waals surface area contributed by atoms with Gasteiger partial charge in [0.15, 0.2) is 0 Å². The molecule has 0 aromatic heterocycles. The Morgan fingerprint density at radius 1 is 1.14 bits per heavy atom. The number of methoxy groups -OCH3 is 1. The van der Waals surface area contributed by atoms with Crippen LogP contribution in [-0.2, 0) is 19.0 Å². The van der Waals surface area contributed by atoms with Gasteiger partial charge in [0.1, 0.15) is 5.76 Å². The maximum Gasteiger partial charge on any atom is 0.534 e. The summed E-state index contributed by atoms with van der Waals surface area (Å²) in [5, 5.41) is 0. The van der Waals surface area contributed by atoms with Crippen LogP contribution in [0.15, 0.2) is 35.6 Å². The molecular formula is C29H43F3O4S. The molecule has 0 aromatic rings. The monoisotopic (exact) mass is 544 g/mol. The lowest BCUT2D eigenvalue weighted by atomic mass is 9.61. The predicted molar refractivity (Wildman–Crippen MR) is 139 cm³/mol. The first-order chi connectivity index (χ1) is 17.2. The number of fused-ring (bicyclic) bond motifs is 2. The van der Waals surface area contributed by atoms with Crippen molar-refractivity contribution >= 4 is 10.1 Å². The van der Waals surface area contributed by atoms with E-state index in [1.165, 1.54) is 18.1 Å². The molecule has 0 saturated heterocycles. The molecule has 0 amide bonds. The van der Waals surface area contributed by atoms with Crippen LogP contribution in [0, 0.1) is 46.3 Å². The fourth-order valence-electron chi connectivity index (χ4n) is 7.62. The number of hydrogen-bond donors (Lipinski definition) is 0. The Balaban J connectivity index is 1.55. The second-order valence-corrected chi connectivity index (χ2v) is 14.1. The Kier molecular flexibility index (Phi) is 7.79. The molecule has 0 N–H and O–H groups in total. The Morgan fingerprint density at radius 2 is 1.84 bits per heavy atom. The maximum absolute atomic E-state index is 13.0. The van der Waals surface area contributed by atoms with Crippen LogP contribution < -0.4 is 0 Å². The standard InChI is InChI=1S/C29H43F3O4S/c1-18(2)19(3)9-10-20(4)23-12-13-24-21(8-7-15-27(23,24)5)16-26(35-6)28-17-22(28)11-14-25(28)36-37(33,34)29(30,31)32/h9-10,14,16,18-20,22-24,26H,7-8,11-13,15,17H2,1-6H3/b10-9+,21-16+/t19-,20+,22?,23+,24-,26?,27+,28?/m0/s1. The van der Waals surface area contributed by atoms with Gasteiger partial charge in [-0.25, -0.2) is 0 Å². The maximum atomic E-state index is 13.0. The summed E-state index contributed by atoms with van der Waals surface area (Å²) in [6.07, 6.45) is 14.4. The fraction of sp³-hybridized carbons (Fsp3) is 0.793. The highest BCUT2D eigenvalue weighted by atomic mass is 32.2. The van der Waals surface area contributed by atoms with Crippen LogP contribution in [0.3, 0.4) is 0 Å². The van der Waals surface area contributed by atoms with Crippen molar-refractivity contribution < 1.29 is 30.5 Å². The highest BCUT2D eigenvalue weighted by Gasteiger charge is 2.67. The lowest BCUT2D eigenvalue weighted by molar-refractivity contribution is -0.0535. The van der Waals surface area contributed by atoms with E-state index in [0.29, 0.717) is 42.4 Å². The normalized spacial score (nSPS) is 37.4. The first-order valence-corrected chi connectivity index (χ1v) is 15.2. The molecule has 8 heteroatoms. The second kappa shape index (κ2) is 10.0. The molecule has 3 saturated carbocycles. The number of halogens is 3. The van der Waals surface area contributed by atoms with Crippen molar-refractivity contribution in [1.29, 1.82) is 0 Å². The third-order valence-electron chi connectivity index (χ3n) is 10.3. The van der Waals surface area contributed by atoms with Crippen molar-refractivity contribution in [1.82, 2.24) is 0 Å². The zero-order valence-electron chi connectivity index (χ0n) is 23.0. The van der Waals surface area contributed by atoms with Crippen LogP contribution in [-0.4, -0.2) is 27.1 Å². The summed E-state index contributed by atoms with van der Waals surface area (Å²) in [6, 6.07) is 0. The minimum Gasteiger partial charge on any atom is -0.380 e. The van der Waals surface area contributed by atoms with Gasteiger partial charge >= 0.3 is 15.6 Å². The molecule has 4 rings (SSSR count). The van der Waals surface area contributed by atoms with Crippen LogP contribution >= 0.6 is 0 Å². The lowest BCUT2D eigenvalue weighted by Gasteiger charge is -2.44. The van der Waals surface area contributed by atoms with Crippen molar-refractivity contribution in [2.24, 2.45) is 46.3 Å². The van der Waals surface area contributed by atoms with E-state index in [1.807, 2.05) is 0 Å². The molecular weight excluding hydrogens is 501 g/mol. The summed E-state index contributed by atoms with van der Waals surface area (Å²) >= 11 is 0. The van der Waals surface area contributed by atoms with E-state index in [-0.39, 0.29) is 17.1 Å². The van der Waals surface area contributed by atoms with Crippen LogP contribution in [0.1, 0.15) is 79.6 Å². The average molecular weight is 545 g/mol. The van der Waals surface area contributed by atoms with Gasteiger partial charge in [-0.05, 0) is 91.9 Å². The van der Waals surface area contributed by atoms with E-state index in [0.717, 1.165) is 25.7 Å². The Labute approximate surface area is 220 Å². The van der Waals surface area contributed by atoms with E-state index in [1.54, 1.807) is 7.11 Å². The van der Waals surface area contributed by atoms with Crippen LogP contribution in [0.4, 0.5) is 13.2 Å². The summed E-state index contributed by atoms with van der Waals surface area (Å²) in [7, 11) is -4.15. The van der Waals surface area contributed by atoms with Gasteiger partial charge < -0.3 is 8.92 Å². The van der Waals surface area contributed by atoms with Crippen LogP contribution in [0.25, 0.3) is 0 Å². The number of alkyl halides is 3. The molecule has 4 aliphatic rings. The molecule has 0 spiro atoms. The molecule has 0 aliphatic heterocycles. The zero-order chi connectivity index (χ0) is 27.4. The Hall–Kier alpha value is -1.28. The highest BCUT2D eigenvalue weighted by Crippen LogP contribution is 2.68. The molecule has 210 valence electrons. The topological polar surface area (TPSA) is 52.6 Å². The third-order valence-corrected chi connectivity index (χ3v) is 11.2. The van der Waals surface area contributed by atoms with Gasteiger partial charge in [-0.2, -0.15) is 21.6 Å². The summed E-state index contributed by atoms with van der Waals surface area (Å²) in [4.78, 5) is 0. The predicted octanol–water partition coefficient (Wildman–Crippen LogP) is 7.79. The number of ether oxygens (including phenoxy) is 1. The molecule has 4 aliphatic carbocycles. The van der Waals surface area contributed by atoms with Crippen LogP contribution in [0.2, 0.25) is 0 Å². The van der Waals surface area contributed by atoms with E-state index < -0.39 is 27.1 Å². The highest BCUT2D eigenvalue weighted by molar-refractivity contribution is 7.87. The first-order valence-electron chi connectivity index (χ1n) is 13.8. The van der Waals surface area contributed by atoms with Crippen molar-refractivity contribution in [2.75, 3.05) is 7.11 Å². The number of hydrogen-bond acceptors (Lipinski definition) is 4. The van der Waals surface area contributed by atoms with Gasteiger partial charge in [0.05, 0.1) is 11.5 Å². The van der Waals surface area contributed by atoms with Gasteiger partial charge in [-0.3, -0.25) is 0 Å². The Morgan fingerprint density at radius 3 is 2.43 bits per heavy atom. The quantitative estimate of drug-likeness (QED) is 0.169. The smallest absolute Gasteiger partial charge is 0.380 e. The molecule has 3 fully saturated rings. The summed E-state index contributed by atoms with van der Waals surface area (Å²) in [5.41, 5.74) is -4.79. The van der Waals surface area contributed by atoms with Gasteiger partial charge in [0.2, 0.25) is 0 Å². The molecule has 0 aromatic carbocycles. The van der Waals surface area contributed by atoms with Crippen molar-refractivity contribution in [3.63, 3.8) is 0 Å². The molecule has 0 bridgehead atoms. The number of allylic oxidation sites excluding steroid dienone is 4. The molecule has 4 nitrogen and oxygen atoms in total. The number of rotatable bonds is 9. The van der Waals surface area contributed by atoms with E-state index in [9.17, 15) is 21.6 Å². The summed E-state index contributed by atoms with van der Waals surface area (Å²) in [6.45, 7) is 11.5. The van der Waals surface area contributed by atoms with Gasteiger partial charge in [0, 0.05) is 7.11 Å². The molecule has 0 radical (unpaired) electrons. The summed E-state index contributed by atoms with van der Waals surface area (Å²) < 4.78 is 73.3. The molecule has 3 unspecified atom stereocenters. The SMILES string of the molecule is COC(/C=C1\CCC[C@]2(C)[C@@H]([C@H](C)/C=C/[C@H](C)C(C)C)CC[C@@H]12)C12CC1CC=C2OS(=O)(=O)C(F)(F)F.